The molecule has 1 aromatic carbocycles. The standard InChI is InChI=1S/C11H6N4O5/c1-5-2-3-6(15(18)19)4-7(5)14-9-8(12-13-14)10(16)20-11(9)17/h2-4H,1H3. The van der Waals surface area contributed by atoms with Gasteiger partial charge in [0.2, 0.25) is 5.69 Å². The van der Waals surface area contributed by atoms with E-state index in [0.717, 1.165) is 4.68 Å². The van der Waals surface area contributed by atoms with E-state index in [1.54, 1.807) is 6.92 Å². The molecule has 0 radical (unpaired) electrons. The Morgan fingerprint density at radius 2 is 2.05 bits per heavy atom. The largest absolute Gasteiger partial charge is 0.383 e. The van der Waals surface area contributed by atoms with Gasteiger partial charge in [0.1, 0.15) is 0 Å². The molecule has 0 fully saturated rings. The van der Waals surface area contributed by atoms with Crippen LogP contribution in [-0.2, 0) is 4.74 Å². The van der Waals surface area contributed by atoms with E-state index in [-0.39, 0.29) is 17.1 Å². The van der Waals surface area contributed by atoms with Crippen LogP contribution in [0.15, 0.2) is 18.2 Å². The van der Waals surface area contributed by atoms with Crippen LogP contribution in [0.3, 0.4) is 0 Å². The monoisotopic (exact) mass is 274 g/mol. The Balaban J connectivity index is 2.23. The first-order chi connectivity index (χ1) is 9.49. The van der Waals surface area contributed by atoms with Crippen LogP contribution in [0.25, 0.3) is 5.69 Å². The van der Waals surface area contributed by atoms with Crippen molar-refractivity contribution in [3.8, 4) is 5.69 Å². The summed E-state index contributed by atoms with van der Waals surface area (Å²) in [5, 5.41) is 18.1. The number of non-ortho nitro benzene ring substituents is 1. The van der Waals surface area contributed by atoms with Gasteiger partial charge in [0.15, 0.2) is 5.69 Å². The third-order valence-corrected chi connectivity index (χ3v) is 2.87. The normalized spacial score (nSPS) is 13.2. The molecule has 1 aliphatic heterocycles. The van der Waals surface area contributed by atoms with E-state index in [1.165, 1.54) is 18.2 Å². The molecule has 20 heavy (non-hydrogen) atoms. The molecule has 0 bridgehead atoms. The predicted molar refractivity (Wildman–Crippen MR) is 62.5 cm³/mol. The van der Waals surface area contributed by atoms with Crippen molar-refractivity contribution in [1.82, 2.24) is 15.0 Å². The molecule has 9 heteroatoms. The molecule has 0 amide bonds. The molecule has 0 saturated heterocycles. The van der Waals surface area contributed by atoms with E-state index in [0.29, 0.717) is 11.3 Å². The average molecular weight is 274 g/mol. The van der Waals surface area contributed by atoms with E-state index in [9.17, 15) is 19.7 Å². The van der Waals surface area contributed by atoms with Gasteiger partial charge < -0.3 is 4.74 Å². The van der Waals surface area contributed by atoms with Crippen molar-refractivity contribution < 1.29 is 19.2 Å². The minimum Gasteiger partial charge on any atom is -0.383 e. The maximum Gasteiger partial charge on any atom is 0.369 e. The molecule has 9 nitrogen and oxygen atoms in total. The summed E-state index contributed by atoms with van der Waals surface area (Å²) >= 11 is 0. The summed E-state index contributed by atoms with van der Waals surface area (Å²) in [5.74, 6) is -1.75. The summed E-state index contributed by atoms with van der Waals surface area (Å²) in [6.07, 6.45) is 0. The molecule has 1 aliphatic rings. The van der Waals surface area contributed by atoms with Crippen LogP contribution in [0, 0.1) is 17.0 Å². The maximum atomic E-state index is 11.6. The molecular formula is C11H6N4O5. The third kappa shape index (κ3) is 1.56. The van der Waals surface area contributed by atoms with Crippen LogP contribution < -0.4 is 0 Å². The van der Waals surface area contributed by atoms with E-state index >= 15 is 0 Å². The second kappa shape index (κ2) is 3.95. The molecule has 0 spiro atoms. The van der Waals surface area contributed by atoms with Crippen LogP contribution >= 0.6 is 0 Å². The highest BCUT2D eigenvalue weighted by Gasteiger charge is 2.37. The fourth-order valence-corrected chi connectivity index (χ4v) is 1.89. The Morgan fingerprint density at radius 1 is 1.30 bits per heavy atom. The molecule has 100 valence electrons. The number of nitrogens with zero attached hydrogens (tertiary/aromatic N) is 4. The van der Waals surface area contributed by atoms with Gasteiger partial charge in [0.05, 0.1) is 10.6 Å². The number of carbonyl (C=O) groups is 2. The lowest BCUT2D eigenvalue weighted by molar-refractivity contribution is -0.384. The van der Waals surface area contributed by atoms with Crippen molar-refractivity contribution >= 4 is 17.6 Å². The lowest BCUT2D eigenvalue weighted by Crippen LogP contribution is -2.09. The van der Waals surface area contributed by atoms with Crippen molar-refractivity contribution in [2.75, 3.05) is 0 Å². The Bertz CT molecular complexity index is 779. The Morgan fingerprint density at radius 3 is 2.75 bits per heavy atom. The topological polar surface area (TPSA) is 117 Å². The number of nitro groups is 1. The first-order valence-electron chi connectivity index (χ1n) is 5.46. The summed E-state index contributed by atoms with van der Waals surface area (Å²) < 4.78 is 5.49. The first-order valence-corrected chi connectivity index (χ1v) is 5.46. The molecule has 0 N–H and O–H groups in total. The summed E-state index contributed by atoms with van der Waals surface area (Å²) in [7, 11) is 0. The molecule has 1 aromatic heterocycles. The van der Waals surface area contributed by atoms with Crippen LogP contribution in [0.4, 0.5) is 5.69 Å². The van der Waals surface area contributed by atoms with Crippen LogP contribution in [-0.4, -0.2) is 31.9 Å². The number of nitro benzene ring substituents is 1. The Labute approximate surface area is 110 Å². The number of ether oxygens (including phenoxy) is 1. The van der Waals surface area contributed by atoms with Crippen molar-refractivity contribution in [2.24, 2.45) is 0 Å². The second-order valence-corrected chi connectivity index (χ2v) is 4.10. The zero-order valence-corrected chi connectivity index (χ0v) is 10.1. The smallest absolute Gasteiger partial charge is 0.369 e. The number of hydrogen-bond donors (Lipinski definition) is 0. The molecule has 0 unspecified atom stereocenters. The van der Waals surface area contributed by atoms with Crippen LogP contribution in [0.1, 0.15) is 26.5 Å². The van der Waals surface area contributed by atoms with Gasteiger partial charge in [-0.05, 0) is 12.5 Å². The number of rotatable bonds is 2. The lowest BCUT2D eigenvalue weighted by atomic mass is 10.1. The fourth-order valence-electron chi connectivity index (χ4n) is 1.89. The van der Waals surface area contributed by atoms with E-state index in [4.69, 9.17) is 0 Å². The molecule has 2 aromatic rings. The van der Waals surface area contributed by atoms with Crippen LogP contribution in [0.2, 0.25) is 0 Å². The molecule has 2 heterocycles. The average Bonchev–Trinajstić information content (AvgIpc) is 2.93. The molecule has 3 rings (SSSR count). The summed E-state index contributed by atoms with van der Waals surface area (Å²) in [6.45, 7) is 1.69. The number of esters is 2. The van der Waals surface area contributed by atoms with Crippen LogP contribution in [0.5, 0.6) is 0 Å². The minimum absolute atomic E-state index is 0.126. The van der Waals surface area contributed by atoms with Gasteiger partial charge >= 0.3 is 11.9 Å². The number of fused-ring (bicyclic) bond motifs is 1. The van der Waals surface area contributed by atoms with Crippen molar-refractivity contribution in [2.45, 2.75) is 6.92 Å². The summed E-state index contributed by atoms with van der Waals surface area (Å²) in [4.78, 5) is 33.1. The third-order valence-electron chi connectivity index (χ3n) is 2.87. The zero-order chi connectivity index (χ0) is 14.4. The van der Waals surface area contributed by atoms with Gasteiger partial charge in [-0.15, -0.1) is 5.10 Å². The van der Waals surface area contributed by atoms with Gasteiger partial charge in [-0.3, -0.25) is 10.1 Å². The number of hydrogen-bond acceptors (Lipinski definition) is 7. The molecule has 0 aliphatic carbocycles. The van der Waals surface area contributed by atoms with E-state index in [2.05, 4.69) is 15.0 Å². The van der Waals surface area contributed by atoms with Crippen molar-refractivity contribution in [3.63, 3.8) is 0 Å². The number of cyclic esters (lactones) is 2. The van der Waals surface area contributed by atoms with Gasteiger partial charge in [-0.2, -0.15) is 0 Å². The number of benzene rings is 1. The lowest BCUT2D eigenvalue weighted by Gasteiger charge is -2.06. The van der Waals surface area contributed by atoms with Gasteiger partial charge in [-0.1, -0.05) is 11.3 Å². The second-order valence-electron chi connectivity index (χ2n) is 4.10. The first kappa shape index (κ1) is 12.0. The SMILES string of the molecule is Cc1ccc([N+](=O)[O-])cc1-n1nnc2c1C(=O)OC2=O. The highest BCUT2D eigenvalue weighted by Crippen LogP contribution is 2.25. The Hall–Kier alpha value is -3.10. The van der Waals surface area contributed by atoms with Crippen molar-refractivity contribution in [1.29, 1.82) is 0 Å². The molecule has 0 saturated carbocycles. The fraction of sp³-hybridized carbons (Fsp3) is 0.0909. The number of aromatic nitrogens is 3. The van der Waals surface area contributed by atoms with Crippen molar-refractivity contribution in [3.05, 3.63) is 45.3 Å². The minimum atomic E-state index is -0.876. The number of aryl methyl sites for hydroxylation is 1. The summed E-state index contributed by atoms with van der Waals surface area (Å²) in [6, 6.07) is 4.10. The van der Waals surface area contributed by atoms with Gasteiger partial charge in [0, 0.05) is 12.1 Å². The number of carbonyl (C=O) groups excluding carboxylic acids is 2. The highest BCUT2D eigenvalue weighted by atomic mass is 16.6. The molecular weight excluding hydrogens is 268 g/mol. The maximum absolute atomic E-state index is 11.6. The summed E-state index contributed by atoms with van der Waals surface area (Å²) in [5.41, 5.74) is 0.446. The highest BCUT2D eigenvalue weighted by molar-refractivity contribution is 6.12. The Kier molecular flexibility index (Phi) is 2.36. The molecule has 0 atom stereocenters. The van der Waals surface area contributed by atoms with Gasteiger partial charge in [-0.25, -0.2) is 14.3 Å². The zero-order valence-electron chi connectivity index (χ0n) is 10.1. The quantitative estimate of drug-likeness (QED) is 0.344. The van der Waals surface area contributed by atoms with E-state index < -0.39 is 16.9 Å². The van der Waals surface area contributed by atoms with E-state index in [1.807, 2.05) is 0 Å². The predicted octanol–water partition coefficient (Wildman–Crippen LogP) is 0.795. The van der Waals surface area contributed by atoms with Gasteiger partial charge in [0.25, 0.3) is 5.69 Å².